The van der Waals surface area contributed by atoms with E-state index in [4.69, 9.17) is 0 Å². The first-order valence-electron chi connectivity index (χ1n) is 5.75. The van der Waals surface area contributed by atoms with Gasteiger partial charge in [0.05, 0.1) is 11.3 Å². The first-order valence-corrected chi connectivity index (χ1v) is 7.84. The van der Waals surface area contributed by atoms with E-state index in [9.17, 15) is 14.3 Å². The highest BCUT2D eigenvalue weighted by atomic mass is 32.2. The predicted molar refractivity (Wildman–Crippen MR) is 75.6 cm³/mol. The molecule has 1 saturated heterocycles. The van der Waals surface area contributed by atoms with Crippen molar-refractivity contribution in [1.29, 1.82) is 0 Å². The highest BCUT2D eigenvalue weighted by Gasteiger charge is 2.27. The van der Waals surface area contributed by atoms with Crippen LogP contribution in [0.2, 0.25) is 0 Å². The second-order valence-corrected chi connectivity index (χ2v) is 7.64. The van der Waals surface area contributed by atoms with Gasteiger partial charge in [0, 0.05) is 34.4 Å². The summed E-state index contributed by atoms with van der Waals surface area (Å²) in [5.74, 6) is 0. The van der Waals surface area contributed by atoms with E-state index in [0.29, 0.717) is 18.2 Å². The van der Waals surface area contributed by atoms with Gasteiger partial charge >= 0.3 is 5.00 Å². The molecule has 0 radical (unpaired) electrons. The summed E-state index contributed by atoms with van der Waals surface area (Å²) in [5.41, 5.74) is 0. The fourth-order valence-corrected chi connectivity index (χ4v) is 3.95. The molecule has 0 aromatic carbocycles. The van der Waals surface area contributed by atoms with Crippen LogP contribution in [-0.2, 0) is 10.8 Å². The summed E-state index contributed by atoms with van der Waals surface area (Å²) in [5, 5.41) is 11.1. The smallest absolute Gasteiger partial charge is 0.345 e. The molecule has 7 nitrogen and oxygen atoms in total. The lowest BCUT2D eigenvalue weighted by molar-refractivity contribution is -0.380. The fourth-order valence-electron chi connectivity index (χ4n) is 1.90. The molecular formula is C10H14N4O3S2. The minimum absolute atomic E-state index is 0.0198. The second kappa shape index (κ2) is 5.74. The van der Waals surface area contributed by atoms with E-state index in [1.165, 1.54) is 6.20 Å². The molecule has 2 heterocycles. The lowest BCUT2D eigenvalue weighted by atomic mass is 10.3. The van der Waals surface area contributed by atoms with Crippen LogP contribution in [0.1, 0.15) is 13.8 Å². The topological polar surface area (TPSA) is 88.7 Å². The van der Waals surface area contributed by atoms with Crippen LogP contribution in [-0.4, -0.2) is 48.9 Å². The molecule has 0 aliphatic carbocycles. The number of hydrogen-bond acceptors (Lipinski definition) is 6. The largest absolute Gasteiger partial charge is 0.360 e. The normalized spacial score (nSPS) is 25.1. The van der Waals surface area contributed by atoms with Crippen molar-refractivity contribution in [3.63, 3.8) is 0 Å². The molecule has 0 unspecified atom stereocenters. The second-order valence-electron chi connectivity index (χ2n) is 4.39. The molecule has 2 rings (SSSR count). The summed E-state index contributed by atoms with van der Waals surface area (Å²) in [6, 6.07) is 0. The van der Waals surface area contributed by atoms with E-state index in [-0.39, 0.29) is 15.5 Å². The van der Waals surface area contributed by atoms with Crippen LogP contribution in [0.4, 0.5) is 10.1 Å². The summed E-state index contributed by atoms with van der Waals surface area (Å²) in [4.78, 5) is 20.0. The van der Waals surface area contributed by atoms with Crippen molar-refractivity contribution in [1.82, 2.24) is 9.88 Å². The first kappa shape index (κ1) is 14.1. The van der Waals surface area contributed by atoms with Gasteiger partial charge in [-0.05, 0) is 25.2 Å². The maximum Gasteiger partial charge on any atom is 0.345 e. The minimum Gasteiger partial charge on any atom is -0.360 e. The average Bonchev–Trinajstić information content (AvgIpc) is 2.82. The van der Waals surface area contributed by atoms with E-state index in [1.54, 1.807) is 6.34 Å². The number of thiazole rings is 1. The molecule has 19 heavy (non-hydrogen) atoms. The van der Waals surface area contributed by atoms with Crippen molar-refractivity contribution in [3.8, 4) is 0 Å². The maximum absolute atomic E-state index is 11.8. The lowest BCUT2D eigenvalue weighted by Gasteiger charge is -2.32. The van der Waals surface area contributed by atoms with Crippen LogP contribution < -0.4 is 0 Å². The number of aromatic nitrogens is 1. The highest BCUT2D eigenvalue weighted by molar-refractivity contribution is 7.86. The Morgan fingerprint density at radius 1 is 1.58 bits per heavy atom. The summed E-state index contributed by atoms with van der Waals surface area (Å²) in [7, 11) is -0.806. The van der Waals surface area contributed by atoms with Crippen molar-refractivity contribution in [3.05, 3.63) is 16.3 Å². The SMILES string of the molecule is C[C@@H]1CN(C=Nc2ncc([N+](=O)[O-])s2)C[C@@H](C)S1=O. The van der Waals surface area contributed by atoms with Crippen LogP contribution in [0.25, 0.3) is 0 Å². The van der Waals surface area contributed by atoms with Gasteiger partial charge in [-0.3, -0.25) is 14.3 Å². The molecule has 0 spiro atoms. The molecule has 0 bridgehead atoms. The van der Waals surface area contributed by atoms with Crippen LogP contribution in [0.15, 0.2) is 11.2 Å². The highest BCUT2D eigenvalue weighted by Crippen LogP contribution is 2.27. The summed E-state index contributed by atoms with van der Waals surface area (Å²) in [6.07, 6.45) is 2.83. The molecule has 9 heteroatoms. The molecule has 0 amide bonds. The Morgan fingerprint density at radius 3 is 2.74 bits per heavy atom. The Balaban J connectivity index is 2.02. The van der Waals surface area contributed by atoms with Gasteiger partial charge in [-0.15, -0.1) is 0 Å². The third kappa shape index (κ3) is 3.35. The van der Waals surface area contributed by atoms with Crippen molar-refractivity contribution in [2.45, 2.75) is 24.3 Å². The predicted octanol–water partition coefficient (Wildman–Crippen LogP) is 1.55. The molecule has 2 atom stereocenters. The molecule has 0 N–H and O–H groups in total. The van der Waals surface area contributed by atoms with Crippen molar-refractivity contribution in [2.75, 3.05) is 13.1 Å². The molecule has 0 saturated carbocycles. The zero-order chi connectivity index (χ0) is 14.0. The Kier molecular flexibility index (Phi) is 4.25. The van der Waals surface area contributed by atoms with Crippen LogP contribution in [0.3, 0.4) is 0 Å². The molecule has 1 fully saturated rings. The van der Waals surface area contributed by atoms with Gasteiger partial charge in [-0.1, -0.05) is 0 Å². The van der Waals surface area contributed by atoms with E-state index in [2.05, 4.69) is 9.98 Å². The standard InChI is InChI=1S/C10H14N4O3S2/c1-7-4-13(5-8(2)19(7)17)6-12-10-11-3-9(18-10)14(15)16/h3,6-8H,4-5H2,1-2H3/t7-,8-/m1/s1. The van der Waals surface area contributed by atoms with Gasteiger partial charge < -0.3 is 4.90 Å². The van der Waals surface area contributed by atoms with Gasteiger partial charge in [0.15, 0.2) is 0 Å². The van der Waals surface area contributed by atoms with Crippen LogP contribution in [0.5, 0.6) is 0 Å². The third-order valence-electron chi connectivity index (χ3n) is 2.77. The molecule has 1 aromatic heterocycles. The van der Waals surface area contributed by atoms with Crippen LogP contribution >= 0.6 is 11.3 Å². The lowest BCUT2D eigenvalue weighted by Crippen LogP contribution is -2.46. The quantitative estimate of drug-likeness (QED) is 0.366. The maximum atomic E-state index is 11.8. The molecule has 104 valence electrons. The number of nitro groups is 1. The van der Waals surface area contributed by atoms with E-state index >= 15 is 0 Å². The number of nitrogens with zero attached hydrogens (tertiary/aromatic N) is 4. The Hall–Kier alpha value is -1.35. The molecule has 1 aromatic rings. The van der Waals surface area contributed by atoms with Gasteiger partial charge in [0.1, 0.15) is 6.20 Å². The van der Waals surface area contributed by atoms with Crippen molar-refractivity contribution >= 4 is 38.6 Å². The Bertz CT molecular complexity index is 517. The number of aliphatic imine (C=N–C) groups is 1. The van der Waals surface area contributed by atoms with Crippen molar-refractivity contribution in [2.24, 2.45) is 4.99 Å². The Labute approximate surface area is 117 Å². The van der Waals surface area contributed by atoms with E-state index in [0.717, 1.165) is 11.3 Å². The number of rotatable bonds is 3. The monoisotopic (exact) mass is 302 g/mol. The summed E-state index contributed by atoms with van der Waals surface area (Å²) < 4.78 is 11.8. The first-order chi connectivity index (χ1) is 8.97. The number of hydrogen-bond donors (Lipinski definition) is 0. The fraction of sp³-hybridized carbons (Fsp3) is 0.600. The Morgan fingerprint density at radius 2 is 2.21 bits per heavy atom. The van der Waals surface area contributed by atoms with Gasteiger partial charge in [-0.2, -0.15) is 0 Å². The van der Waals surface area contributed by atoms with Gasteiger partial charge in [0.25, 0.3) is 0 Å². The summed E-state index contributed by atoms with van der Waals surface area (Å²) >= 11 is 0.937. The molecule has 1 aliphatic rings. The molecular weight excluding hydrogens is 288 g/mol. The minimum atomic E-state index is -0.806. The third-order valence-corrected chi connectivity index (χ3v) is 5.51. The van der Waals surface area contributed by atoms with E-state index in [1.807, 2.05) is 18.7 Å². The van der Waals surface area contributed by atoms with Gasteiger partial charge in [-0.25, -0.2) is 9.98 Å². The summed E-state index contributed by atoms with van der Waals surface area (Å²) in [6.45, 7) is 5.24. The zero-order valence-electron chi connectivity index (χ0n) is 10.6. The molecule has 1 aliphatic heterocycles. The van der Waals surface area contributed by atoms with Crippen LogP contribution in [0, 0.1) is 10.1 Å². The van der Waals surface area contributed by atoms with E-state index < -0.39 is 15.7 Å². The zero-order valence-corrected chi connectivity index (χ0v) is 12.2. The van der Waals surface area contributed by atoms with Crippen molar-refractivity contribution < 1.29 is 9.13 Å². The average molecular weight is 302 g/mol. The van der Waals surface area contributed by atoms with Gasteiger partial charge in [0.2, 0.25) is 5.13 Å².